The van der Waals surface area contributed by atoms with Crippen molar-refractivity contribution in [3.63, 3.8) is 0 Å². The molecule has 6 N–H and O–H groups in total. The molecule has 0 saturated heterocycles. The fourth-order valence-electron chi connectivity index (χ4n) is 2.36. The van der Waals surface area contributed by atoms with Crippen LogP contribution in [0.25, 0.3) is 0 Å². The summed E-state index contributed by atoms with van der Waals surface area (Å²) in [5, 5.41) is 0. The van der Waals surface area contributed by atoms with Gasteiger partial charge in [0.2, 0.25) is 0 Å². The Kier molecular flexibility index (Phi) is 17.4. The van der Waals surface area contributed by atoms with Crippen LogP contribution < -0.4 is 0 Å². The predicted octanol–water partition coefficient (Wildman–Crippen LogP) is -1.81. The maximum Gasteiger partial charge on any atom is 0.344 e. The average molecular weight is 660 g/mol. The predicted molar refractivity (Wildman–Crippen MR) is 103 cm³/mol. The Hall–Kier alpha value is 0.660. The first-order chi connectivity index (χ1) is 16.8. The first-order valence-corrected chi connectivity index (χ1v) is 15.8. The highest BCUT2D eigenvalue weighted by Gasteiger charge is 2.60. The smallest absolute Gasteiger partial charge is 0.325 e. The summed E-state index contributed by atoms with van der Waals surface area (Å²) >= 11 is 0. The molecule has 0 spiro atoms. The number of rotatable bonds is 18. The van der Waals surface area contributed by atoms with Gasteiger partial charge in [-0.2, -0.15) is 28.0 Å². The van der Waals surface area contributed by atoms with Crippen LogP contribution in [0.1, 0.15) is 0 Å². The highest BCUT2D eigenvalue weighted by molar-refractivity contribution is 7.32. The van der Waals surface area contributed by atoms with Crippen LogP contribution in [0.2, 0.25) is 0 Å². The maximum atomic E-state index is 11.0. The largest absolute Gasteiger partial charge is 0.344 e. The molecule has 6 unspecified atom stereocenters. The Morgan fingerprint density at radius 2 is 0.417 bits per heavy atom. The van der Waals surface area contributed by atoms with Crippen LogP contribution in [0.3, 0.4) is 0 Å². The first-order valence-electron chi connectivity index (χ1n) is 8.21. The maximum absolute atomic E-state index is 11.0. The van der Waals surface area contributed by atoms with Crippen molar-refractivity contribution in [2.45, 2.75) is 36.6 Å². The SMILES string of the molecule is O=[PH](O)OOC1C(OO[PH](=O)O)C(OO[PH](=O)O)C(OO[PH](=O)O)C(OO[PH](=O)O)C1OO[PH](=O)O. The lowest BCUT2D eigenvalue weighted by atomic mass is 9.85. The van der Waals surface area contributed by atoms with Crippen molar-refractivity contribution >= 4 is 49.5 Å². The summed E-state index contributed by atoms with van der Waals surface area (Å²) in [6, 6.07) is 0. The molecule has 1 aliphatic rings. The molecule has 6 atom stereocenters. The second-order valence-electron chi connectivity index (χ2n) is 5.46. The second-order valence-corrected chi connectivity index (χ2v) is 9.65. The normalized spacial score (nSPS) is 31.8. The third-order valence-electron chi connectivity index (χ3n) is 3.33. The Labute approximate surface area is 201 Å². The van der Waals surface area contributed by atoms with Gasteiger partial charge in [-0.25, -0.2) is 29.3 Å². The molecule has 0 heterocycles. The minimum Gasteiger partial charge on any atom is -0.325 e. The lowest BCUT2D eigenvalue weighted by Gasteiger charge is -2.44. The summed E-state index contributed by atoms with van der Waals surface area (Å²) in [6.07, 6.45) is -13.6. The molecule has 0 aromatic heterocycles. The van der Waals surface area contributed by atoms with Crippen LogP contribution in [0.15, 0.2) is 0 Å². The van der Waals surface area contributed by atoms with E-state index in [1.165, 1.54) is 0 Å². The van der Waals surface area contributed by atoms with Crippen LogP contribution in [0.5, 0.6) is 0 Å². The summed E-state index contributed by atoms with van der Waals surface area (Å²) in [4.78, 5) is 80.9. The first kappa shape index (κ1) is 34.7. The Morgan fingerprint density at radius 3 is 0.500 bits per heavy atom. The molecule has 0 amide bonds. The summed E-state index contributed by atoms with van der Waals surface area (Å²) in [5.41, 5.74) is 0. The lowest BCUT2D eigenvalue weighted by molar-refractivity contribution is -0.467. The zero-order valence-corrected chi connectivity index (χ0v) is 22.5. The van der Waals surface area contributed by atoms with Crippen molar-refractivity contribution in [3.05, 3.63) is 0 Å². The van der Waals surface area contributed by atoms with E-state index in [2.05, 4.69) is 57.4 Å². The van der Waals surface area contributed by atoms with E-state index in [0.717, 1.165) is 0 Å². The molecule has 0 aromatic carbocycles. The van der Waals surface area contributed by atoms with Crippen molar-refractivity contribution in [2.75, 3.05) is 0 Å². The minimum atomic E-state index is -3.98. The van der Waals surface area contributed by atoms with Gasteiger partial charge in [-0.3, -0.25) is 27.4 Å². The van der Waals surface area contributed by atoms with Crippen molar-refractivity contribution in [2.24, 2.45) is 0 Å². The van der Waals surface area contributed by atoms with Crippen LogP contribution in [-0.2, 0) is 84.8 Å². The van der Waals surface area contributed by atoms with Crippen LogP contribution in [0.4, 0.5) is 0 Å². The van der Waals surface area contributed by atoms with Crippen LogP contribution >= 0.6 is 49.5 Å². The van der Waals surface area contributed by atoms with Crippen LogP contribution in [-0.4, -0.2) is 66.0 Å². The fourth-order valence-corrected chi connectivity index (χ4v) is 3.52. The summed E-state index contributed by atoms with van der Waals surface area (Å²) in [5.74, 6) is 0. The lowest BCUT2D eigenvalue weighted by Crippen LogP contribution is -2.67. The molecule has 24 nitrogen and oxygen atoms in total. The van der Waals surface area contributed by atoms with E-state index in [0.29, 0.717) is 0 Å². The second kappa shape index (κ2) is 18.1. The minimum absolute atomic E-state index is 2.27. The Balaban J connectivity index is 3.62. The molecule has 1 saturated carbocycles. The van der Waals surface area contributed by atoms with Gasteiger partial charge in [0, 0.05) is 0 Å². The van der Waals surface area contributed by atoms with E-state index in [4.69, 9.17) is 29.4 Å². The van der Waals surface area contributed by atoms with E-state index >= 15 is 0 Å². The molecule has 0 aromatic rings. The van der Waals surface area contributed by atoms with Crippen molar-refractivity contribution in [1.29, 1.82) is 0 Å². The number of hydrogen-bond acceptors (Lipinski definition) is 18. The van der Waals surface area contributed by atoms with E-state index in [1.54, 1.807) is 0 Å². The van der Waals surface area contributed by atoms with Crippen molar-refractivity contribution in [1.82, 2.24) is 0 Å². The molecule has 36 heavy (non-hydrogen) atoms. The summed E-state index contributed by atoms with van der Waals surface area (Å²) in [6.45, 7) is 0. The molecule has 1 rings (SSSR count). The van der Waals surface area contributed by atoms with Gasteiger partial charge in [0.25, 0.3) is 0 Å². The van der Waals surface area contributed by atoms with E-state index in [1.807, 2.05) is 0 Å². The van der Waals surface area contributed by atoms with Gasteiger partial charge >= 0.3 is 49.5 Å². The van der Waals surface area contributed by atoms with Crippen molar-refractivity contribution < 1.29 is 114 Å². The standard InChI is InChI=1S/C6H18O24P6/c7-31(8)25-19-1-2(20-26-32(9)10)4(22-28-34(13)14)6(24-30-36(17)18)5(23-29-35(15)16)3(1)21-27-33(11)12/h1-6,31-36H,(H,7,8)(H,9,10)(H,11,12)(H,13,14)(H,15,16)(H,17,18). The monoisotopic (exact) mass is 660 g/mol. The van der Waals surface area contributed by atoms with E-state index < -0.39 is 86.2 Å². The average Bonchev–Trinajstić information content (AvgIpc) is 2.75. The third-order valence-corrected chi connectivity index (χ3v) is 4.76. The highest BCUT2D eigenvalue weighted by atomic mass is 31.1. The molecular weight excluding hydrogens is 642 g/mol. The highest BCUT2D eigenvalue weighted by Crippen LogP contribution is 2.40. The Bertz CT molecular complexity index is 636. The molecule has 216 valence electrons. The molecule has 0 bridgehead atoms. The van der Waals surface area contributed by atoms with Gasteiger partial charge in [-0.15, -0.1) is 0 Å². The van der Waals surface area contributed by atoms with Gasteiger partial charge in [-0.05, 0) is 0 Å². The quantitative estimate of drug-likeness (QED) is 0.0536. The van der Waals surface area contributed by atoms with E-state index in [9.17, 15) is 27.4 Å². The van der Waals surface area contributed by atoms with Gasteiger partial charge in [0.1, 0.15) is 0 Å². The summed E-state index contributed by atoms with van der Waals surface area (Å²) < 4.78 is 90.2. The number of hydrogen-bond donors (Lipinski definition) is 6. The van der Waals surface area contributed by atoms with E-state index in [-0.39, 0.29) is 0 Å². The topological polar surface area (TPSA) is 335 Å². The van der Waals surface area contributed by atoms with Crippen LogP contribution in [0, 0.1) is 0 Å². The molecule has 30 heteroatoms. The zero-order valence-electron chi connectivity index (χ0n) is 16.5. The molecular formula is C6H18O24P6. The zero-order chi connectivity index (χ0) is 27.4. The van der Waals surface area contributed by atoms with Gasteiger partial charge in [0.05, 0.1) is 0 Å². The van der Waals surface area contributed by atoms with Gasteiger partial charge in [0.15, 0.2) is 36.6 Å². The molecule has 0 aliphatic heterocycles. The van der Waals surface area contributed by atoms with Gasteiger partial charge in [-0.1, -0.05) is 0 Å². The third kappa shape index (κ3) is 13.1. The van der Waals surface area contributed by atoms with Gasteiger partial charge < -0.3 is 29.4 Å². The molecule has 0 radical (unpaired) electrons. The Morgan fingerprint density at radius 1 is 0.306 bits per heavy atom. The molecule has 1 aliphatic carbocycles. The fraction of sp³-hybridized carbons (Fsp3) is 1.00. The summed E-state index contributed by atoms with van der Waals surface area (Å²) in [7, 11) is -23.9. The molecule has 1 fully saturated rings. The van der Waals surface area contributed by atoms with Crippen molar-refractivity contribution in [3.8, 4) is 0 Å².